The maximum atomic E-state index is 13.6. The van der Waals surface area contributed by atoms with Gasteiger partial charge in [0.1, 0.15) is 11.6 Å². The second-order valence-electron chi connectivity index (χ2n) is 6.03. The fraction of sp³-hybridized carbons (Fsp3) is 0.150. The number of hydrogen-bond acceptors (Lipinski definition) is 4. The first-order chi connectivity index (χ1) is 13.5. The van der Waals surface area contributed by atoms with Gasteiger partial charge in [-0.25, -0.2) is 17.5 Å². The van der Waals surface area contributed by atoms with Crippen molar-refractivity contribution < 1.29 is 22.0 Å². The average molecular weight is 402 g/mol. The van der Waals surface area contributed by atoms with Gasteiger partial charge in [0.15, 0.2) is 0 Å². The van der Waals surface area contributed by atoms with E-state index in [2.05, 4.69) is 10.0 Å². The van der Waals surface area contributed by atoms with E-state index in [1.54, 1.807) is 30.3 Å². The molecule has 2 aromatic carbocycles. The molecule has 0 saturated carbocycles. The molecule has 0 radical (unpaired) electrons. The van der Waals surface area contributed by atoms with Crippen LogP contribution in [-0.2, 0) is 23.0 Å². The van der Waals surface area contributed by atoms with E-state index in [1.807, 2.05) is 0 Å². The largest absolute Gasteiger partial charge is 0.468 e. The van der Waals surface area contributed by atoms with Gasteiger partial charge < -0.3 is 9.73 Å². The van der Waals surface area contributed by atoms with Crippen LogP contribution in [-0.4, -0.2) is 20.9 Å². The number of carbonyl (C=O) groups excluding carboxylic acids is 1. The number of amides is 1. The van der Waals surface area contributed by atoms with E-state index in [0.717, 1.165) is 0 Å². The summed E-state index contributed by atoms with van der Waals surface area (Å²) in [5.74, 6) is -0.174. The van der Waals surface area contributed by atoms with Crippen molar-refractivity contribution in [3.63, 3.8) is 0 Å². The average Bonchev–Trinajstić information content (AvgIpc) is 3.22. The summed E-state index contributed by atoms with van der Waals surface area (Å²) in [6.07, 6.45) is 1.82. The molecule has 0 fully saturated rings. The van der Waals surface area contributed by atoms with Gasteiger partial charge in [0.25, 0.3) is 5.91 Å². The van der Waals surface area contributed by atoms with Crippen molar-refractivity contribution in [1.82, 2.24) is 10.0 Å². The first-order valence-electron chi connectivity index (χ1n) is 8.59. The maximum absolute atomic E-state index is 13.6. The van der Waals surface area contributed by atoms with Crippen molar-refractivity contribution in [2.45, 2.75) is 17.9 Å². The smallest absolute Gasteiger partial charge is 0.251 e. The van der Waals surface area contributed by atoms with E-state index >= 15 is 0 Å². The van der Waals surface area contributed by atoms with Crippen LogP contribution < -0.4 is 10.0 Å². The van der Waals surface area contributed by atoms with Gasteiger partial charge in [-0.1, -0.05) is 18.2 Å². The summed E-state index contributed by atoms with van der Waals surface area (Å²) in [6, 6.07) is 15.3. The lowest BCUT2D eigenvalue weighted by molar-refractivity contribution is 0.0954. The third kappa shape index (κ3) is 5.05. The zero-order chi connectivity index (χ0) is 20.0. The Hall–Kier alpha value is -2.97. The van der Waals surface area contributed by atoms with Crippen molar-refractivity contribution in [3.05, 3.63) is 89.6 Å². The molecule has 0 aliphatic heterocycles. The van der Waals surface area contributed by atoms with E-state index in [4.69, 9.17) is 4.42 Å². The molecule has 0 spiro atoms. The third-order valence-corrected chi connectivity index (χ3v) is 5.50. The first kappa shape index (κ1) is 19.8. The number of nitrogens with one attached hydrogen (secondary N) is 2. The standard InChI is InChI=1S/C20H19FN2O4S/c21-19-6-2-1-4-15(19)11-12-22-20(24)16-7-9-18(10-8-16)28(25,26)23-14-17-5-3-13-27-17/h1-10,13,23H,11-12,14H2,(H,22,24). The highest BCUT2D eigenvalue weighted by molar-refractivity contribution is 7.89. The van der Waals surface area contributed by atoms with Crippen LogP contribution in [0.5, 0.6) is 0 Å². The Morgan fingerprint density at radius 3 is 2.43 bits per heavy atom. The molecule has 28 heavy (non-hydrogen) atoms. The Morgan fingerprint density at radius 1 is 1.00 bits per heavy atom. The lowest BCUT2D eigenvalue weighted by Gasteiger charge is -2.08. The summed E-state index contributed by atoms with van der Waals surface area (Å²) < 4.78 is 45.6. The van der Waals surface area contributed by atoms with Crippen LogP contribution >= 0.6 is 0 Å². The topological polar surface area (TPSA) is 88.4 Å². The van der Waals surface area contributed by atoms with Crippen LogP contribution in [0.15, 0.2) is 76.2 Å². The molecule has 1 amide bonds. The Bertz CT molecular complexity index is 1030. The highest BCUT2D eigenvalue weighted by Crippen LogP contribution is 2.12. The summed E-state index contributed by atoms with van der Waals surface area (Å²) in [4.78, 5) is 12.2. The molecule has 3 rings (SSSR count). The third-order valence-electron chi connectivity index (χ3n) is 4.08. The summed E-state index contributed by atoms with van der Waals surface area (Å²) in [5.41, 5.74) is 0.838. The number of halogens is 1. The number of rotatable bonds is 8. The second-order valence-corrected chi connectivity index (χ2v) is 7.79. The molecule has 2 N–H and O–H groups in total. The molecule has 0 unspecified atom stereocenters. The summed E-state index contributed by atoms with van der Waals surface area (Å²) in [5, 5.41) is 2.69. The minimum atomic E-state index is -3.72. The van der Waals surface area contributed by atoms with E-state index < -0.39 is 10.0 Å². The number of furan rings is 1. The van der Waals surface area contributed by atoms with Crippen molar-refractivity contribution in [2.75, 3.05) is 6.54 Å². The molecule has 0 saturated heterocycles. The lowest BCUT2D eigenvalue weighted by atomic mass is 10.1. The van der Waals surface area contributed by atoms with Crippen LogP contribution in [0.3, 0.4) is 0 Å². The molecule has 0 bridgehead atoms. The predicted octanol–water partition coefficient (Wildman–Crippen LogP) is 2.87. The number of benzene rings is 2. The fourth-order valence-corrected chi connectivity index (χ4v) is 3.56. The molecular weight excluding hydrogens is 383 g/mol. The van der Waals surface area contributed by atoms with Gasteiger partial charge in [-0.3, -0.25) is 4.79 Å². The molecule has 146 valence electrons. The van der Waals surface area contributed by atoms with E-state index in [-0.39, 0.29) is 29.7 Å². The Labute approximate surface area is 162 Å². The van der Waals surface area contributed by atoms with Gasteiger partial charge in [-0.15, -0.1) is 0 Å². The van der Waals surface area contributed by atoms with Crippen LogP contribution in [0, 0.1) is 5.82 Å². The Kier molecular flexibility index (Phi) is 6.23. The van der Waals surface area contributed by atoms with Gasteiger partial charge >= 0.3 is 0 Å². The molecule has 3 aromatic rings. The molecule has 0 aliphatic carbocycles. The van der Waals surface area contributed by atoms with Gasteiger partial charge in [0, 0.05) is 12.1 Å². The monoisotopic (exact) mass is 402 g/mol. The highest BCUT2D eigenvalue weighted by atomic mass is 32.2. The Balaban J connectivity index is 1.55. The van der Waals surface area contributed by atoms with Crippen molar-refractivity contribution in [3.8, 4) is 0 Å². The van der Waals surface area contributed by atoms with Crippen molar-refractivity contribution >= 4 is 15.9 Å². The summed E-state index contributed by atoms with van der Waals surface area (Å²) in [7, 11) is -3.72. The quantitative estimate of drug-likeness (QED) is 0.606. The van der Waals surface area contributed by atoms with Crippen molar-refractivity contribution in [1.29, 1.82) is 0 Å². The number of sulfonamides is 1. The molecule has 0 aliphatic rings. The Morgan fingerprint density at radius 2 is 1.75 bits per heavy atom. The van der Waals surface area contributed by atoms with Crippen LogP contribution in [0.4, 0.5) is 4.39 Å². The minimum Gasteiger partial charge on any atom is -0.468 e. The fourth-order valence-electron chi connectivity index (χ4n) is 2.56. The maximum Gasteiger partial charge on any atom is 0.251 e. The molecule has 8 heteroatoms. The van der Waals surface area contributed by atoms with Crippen LogP contribution in [0.25, 0.3) is 0 Å². The van der Waals surface area contributed by atoms with Crippen molar-refractivity contribution in [2.24, 2.45) is 0 Å². The van der Waals surface area contributed by atoms with Gasteiger partial charge in [0.05, 0.1) is 17.7 Å². The summed E-state index contributed by atoms with van der Waals surface area (Å²) in [6.45, 7) is 0.304. The molecule has 1 heterocycles. The minimum absolute atomic E-state index is 0.0353. The molecular formula is C20H19FN2O4S. The number of hydrogen-bond donors (Lipinski definition) is 2. The lowest BCUT2D eigenvalue weighted by Crippen LogP contribution is -2.26. The number of carbonyl (C=O) groups is 1. The van der Waals surface area contributed by atoms with Gasteiger partial charge in [-0.2, -0.15) is 0 Å². The predicted molar refractivity (Wildman–Crippen MR) is 102 cm³/mol. The summed E-state index contributed by atoms with van der Waals surface area (Å²) >= 11 is 0. The van der Waals surface area contributed by atoms with Crippen LogP contribution in [0.1, 0.15) is 21.7 Å². The molecule has 0 atom stereocenters. The normalized spacial score (nSPS) is 11.3. The second kappa shape index (κ2) is 8.81. The van der Waals surface area contributed by atoms with Gasteiger partial charge in [0.2, 0.25) is 10.0 Å². The molecule has 1 aromatic heterocycles. The van der Waals surface area contributed by atoms with Crippen LogP contribution in [0.2, 0.25) is 0 Å². The zero-order valence-electron chi connectivity index (χ0n) is 14.9. The highest BCUT2D eigenvalue weighted by Gasteiger charge is 2.15. The first-order valence-corrected chi connectivity index (χ1v) is 10.1. The zero-order valence-corrected chi connectivity index (χ0v) is 15.7. The van der Waals surface area contributed by atoms with E-state index in [9.17, 15) is 17.6 Å². The van der Waals surface area contributed by atoms with Gasteiger partial charge in [-0.05, 0) is 54.4 Å². The molecule has 6 nitrogen and oxygen atoms in total. The van der Waals surface area contributed by atoms with E-state index in [0.29, 0.717) is 23.3 Å². The van der Waals surface area contributed by atoms with E-state index in [1.165, 1.54) is 36.6 Å². The SMILES string of the molecule is O=C(NCCc1ccccc1F)c1ccc(S(=O)(=O)NCc2ccco2)cc1.